The van der Waals surface area contributed by atoms with Crippen molar-refractivity contribution < 1.29 is 0 Å². The average molecular weight is 236 g/mol. The normalized spacial score (nSPS) is 10.7. The van der Waals surface area contributed by atoms with Crippen molar-refractivity contribution >= 4 is 11.6 Å². The van der Waals surface area contributed by atoms with E-state index in [-0.39, 0.29) is 0 Å². The third-order valence-corrected chi connectivity index (χ3v) is 2.98. The van der Waals surface area contributed by atoms with E-state index in [0.717, 1.165) is 28.3 Å². The highest BCUT2D eigenvalue weighted by molar-refractivity contribution is 6.31. The van der Waals surface area contributed by atoms with Gasteiger partial charge in [-0.05, 0) is 24.1 Å². The maximum Gasteiger partial charge on any atom is 0.0568 e. The van der Waals surface area contributed by atoms with Crippen LogP contribution in [-0.4, -0.2) is 16.3 Å². The molecule has 0 atom stereocenters. The van der Waals surface area contributed by atoms with Gasteiger partial charge in [0.05, 0.1) is 12.7 Å². The summed E-state index contributed by atoms with van der Waals surface area (Å²) in [6.07, 6.45) is 3.83. The Kier molecular flexibility index (Phi) is 3.27. The fraction of sp³-hybridized carbons (Fsp3) is 0.250. The fourth-order valence-electron chi connectivity index (χ4n) is 1.68. The first kappa shape index (κ1) is 11.2. The van der Waals surface area contributed by atoms with E-state index in [2.05, 4.69) is 5.10 Å². The van der Waals surface area contributed by atoms with Gasteiger partial charge >= 0.3 is 0 Å². The summed E-state index contributed by atoms with van der Waals surface area (Å²) in [7, 11) is 0. The molecular weight excluding hydrogens is 222 g/mol. The molecule has 1 aromatic heterocycles. The zero-order chi connectivity index (χ0) is 11.5. The molecule has 3 nitrogen and oxygen atoms in total. The van der Waals surface area contributed by atoms with Crippen molar-refractivity contribution in [2.45, 2.75) is 13.5 Å². The second-order valence-electron chi connectivity index (χ2n) is 3.69. The summed E-state index contributed by atoms with van der Waals surface area (Å²) in [5.41, 5.74) is 8.76. The smallest absolute Gasteiger partial charge is 0.0568 e. The van der Waals surface area contributed by atoms with Crippen molar-refractivity contribution in [2.24, 2.45) is 5.73 Å². The van der Waals surface area contributed by atoms with Crippen LogP contribution in [0.5, 0.6) is 0 Å². The van der Waals surface area contributed by atoms with Crippen molar-refractivity contribution in [3.05, 3.63) is 41.2 Å². The van der Waals surface area contributed by atoms with Crippen LogP contribution in [0.1, 0.15) is 5.56 Å². The Morgan fingerprint density at radius 1 is 1.44 bits per heavy atom. The van der Waals surface area contributed by atoms with Crippen LogP contribution in [0.3, 0.4) is 0 Å². The molecule has 0 aliphatic carbocycles. The number of benzene rings is 1. The average Bonchev–Trinajstić information content (AvgIpc) is 2.71. The van der Waals surface area contributed by atoms with Gasteiger partial charge in [0, 0.05) is 23.3 Å². The predicted molar refractivity (Wildman–Crippen MR) is 66.5 cm³/mol. The van der Waals surface area contributed by atoms with Gasteiger partial charge in [0.1, 0.15) is 0 Å². The monoisotopic (exact) mass is 235 g/mol. The van der Waals surface area contributed by atoms with Crippen LogP contribution in [0, 0.1) is 6.92 Å². The first-order valence-electron chi connectivity index (χ1n) is 5.20. The molecule has 0 bridgehead atoms. The van der Waals surface area contributed by atoms with E-state index >= 15 is 0 Å². The predicted octanol–water partition coefficient (Wildman–Crippen LogP) is 2.47. The highest BCUT2D eigenvalue weighted by atomic mass is 35.5. The lowest BCUT2D eigenvalue weighted by atomic mass is 10.0. The quantitative estimate of drug-likeness (QED) is 0.888. The molecule has 2 rings (SSSR count). The highest BCUT2D eigenvalue weighted by Gasteiger charge is 2.06. The van der Waals surface area contributed by atoms with Crippen molar-refractivity contribution in [3.63, 3.8) is 0 Å². The number of halogens is 1. The van der Waals surface area contributed by atoms with Crippen LogP contribution in [0.4, 0.5) is 0 Å². The lowest BCUT2D eigenvalue weighted by molar-refractivity contribution is 0.625. The minimum Gasteiger partial charge on any atom is -0.329 e. The number of nitrogens with zero attached hydrogens (tertiary/aromatic N) is 2. The van der Waals surface area contributed by atoms with Gasteiger partial charge in [0.15, 0.2) is 0 Å². The third-order valence-electron chi connectivity index (χ3n) is 2.57. The maximum atomic E-state index is 6.08. The Morgan fingerprint density at radius 3 is 3.00 bits per heavy atom. The van der Waals surface area contributed by atoms with E-state index < -0.39 is 0 Å². The van der Waals surface area contributed by atoms with Gasteiger partial charge in [-0.3, -0.25) is 4.68 Å². The molecule has 0 aliphatic rings. The van der Waals surface area contributed by atoms with Crippen LogP contribution in [0.2, 0.25) is 5.02 Å². The molecule has 2 N–H and O–H groups in total. The summed E-state index contributed by atoms with van der Waals surface area (Å²) in [6, 6.07) is 5.89. The van der Waals surface area contributed by atoms with E-state index in [1.54, 1.807) is 0 Å². The van der Waals surface area contributed by atoms with Gasteiger partial charge < -0.3 is 5.73 Å². The van der Waals surface area contributed by atoms with Gasteiger partial charge in [-0.1, -0.05) is 23.7 Å². The SMILES string of the molecule is Cc1c(Cl)cccc1-c1cnn(CCN)c1. The van der Waals surface area contributed by atoms with Crippen molar-refractivity contribution in [2.75, 3.05) is 6.54 Å². The lowest BCUT2D eigenvalue weighted by Crippen LogP contribution is -2.09. The van der Waals surface area contributed by atoms with Gasteiger partial charge in [0.25, 0.3) is 0 Å². The number of nitrogens with two attached hydrogens (primary N) is 1. The highest BCUT2D eigenvalue weighted by Crippen LogP contribution is 2.27. The molecule has 0 saturated carbocycles. The second kappa shape index (κ2) is 4.68. The third kappa shape index (κ3) is 2.10. The zero-order valence-corrected chi connectivity index (χ0v) is 9.91. The van der Waals surface area contributed by atoms with Crippen molar-refractivity contribution in [1.29, 1.82) is 0 Å². The molecule has 0 spiro atoms. The second-order valence-corrected chi connectivity index (χ2v) is 4.10. The Bertz CT molecular complexity index is 491. The van der Waals surface area contributed by atoms with Crippen molar-refractivity contribution in [1.82, 2.24) is 9.78 Å². The van der Waals surface area contributed by atoms with Gasteiger partial charge in [0.2, 0.25) is 0 Å². The molecule has 0 aliphatic heterocycles. The van der Waals surface area contributed by atoms with E-state index in [0.29, 0.717) is 6.54 Å². The van der Waals surface area contributed by atoms with Crippen LogP contribution < -0.4 is 5.73 Å². The van der Waals surface area contributed by atoms with Gasteiger partial charge in [-0.25, -0.2) is 0 Å². The molecule has 84 valence electrons. The largest absolute Gasteiger partial charge is 0.329 e. The van der Waals surface area contributed by atoms with E-state index in [1.165, 1.54) is 0 Å². The number of hydrogen-bond donors (Lipinski definition) is 1. The summed E-state index contributed by atoms with van der Waals surface area (Å²) < 4.78 is 1.84. The molecular formula is C12H14ClN3. The van der Waals surface area contributed by atoms with Crippen LogP contribution >= 0.6 is 11.6 Å². The Balaban J connectivity index is 2.39. The molecule has 0 radical (unpaired) electrons. The maximum absolute atomic E-state index is 6.08. The van der Waals surface area contributed by atoms with Gasteiger partial charge in [-0.15, -0.1) is 0 Å². The Labute approximate surface area is 99.8 Å². The standard InChI is InChI=1S/C12H14ClN3/c1-9-11(3-2-4-12(9)13)10-7-15-16(8-10)6-5-14/h2-4,7-8H,5-6,14H2,1H3. The number of rotatable bonds is 3. The molecule has 4 heteroatoms. The van der Waals surface area contributed by atoms with Crippen LogP contribution in [-0.2, 0) is 6.54 Å². The van der Waals surface area contributed by atoms with Crippen LogP contribution in [0.25, 0.3) is 11.1 Å². The summed E-state index contributed by atoms with van der Waals surface area (Å²) in [6.45, 7) is 3.34. The summed E-state index contributed by atoms with van der Waals surface area (Å²) in [5.74, 6) is 0. The molecule has 0 saturated heterocycles. The van der Waals surface area contributed by atoms with E-state index in [4.69, 9.17) is 17.3 Å². The summed E-state index contributed by atoms with van der Waals surface area (Å²) in [4.78, 5) is 0. The minimum atomic E-state index is 0.593. The number of hydrogen-bond acceptors (Lipinski definition) is 2. The Morgan fingerprint density at radius 2 is 2.25 bits per heavy atom. The number of aromatic nitrogens is 2. The zero-order valence-electron chi connectivity index (χ0n) is 9.15. The molecule has 1 aromatic carbocycles. The van der Waals surface area contributed by atoms with Gasteiger partial charge in [-0.2, -0.15) is 5.10 Å². The Hall–Kier alpha value is -1.32. The van der Waals surface area contributed by atoms with E-state index in [9.17, 15) is 0 Å². The molecule has 0 unspecified atom stereocenters. The molecule has 0 fully saturated rings. The van der Waals surface area contributed by atoms with Crippen LogP contribution in [0.15, 0.2) is 30.6 Å². The molecule has 16 heavy (non-hydrogen) atoms. The van der Waals surface area contributed by atoms with E-state index in [1.807, 2.05) is 42.2 Å². The molecule has 2 aromatic rings. The lowest BCUT2D eigenvalue weighted by Gasteiger charge is -2.04. The molecule has 0 amide bonds. The first-order chi connectivity index (χ1) is 7.72. The topological polar surface area (TPSA) is 43.8 Å². The summed E-state index contributed by atoms with van der Waals surface area (Å²) in [5, 5.41) is 5.03. The minimum absolute atomic E-state index is 0.593. The van der Waals surface area contributed by atoms with Crippen molar-refractivity contribution in [3.8, 4) is 11.1 Å². The molecule has 1 heterocycles. The fourth-order valence-corrected chi connectivity index (χ4v) is 1.85. The first-order valence-corrected chi connectivity index (χ1v) is 5.58. The summed E-state index contributed by atoms with van der Waals surface area (Å²) >= 11 is 6.08.